The van der Waals surface area contributed by atoms with Crippen molar-refractivity contribution in [1.29, 1.82) is 0 Å². The van der Waals surface area contributed by atoms with Gasteiger partial charge in [-0.25, -0.2) is 5.14 Å². The van der Waals surface area contributed by atoms with E-state index >= 15 is 0 Å². The van der Waals surface area contributed by atoms with Gasteiger partial charge in [-0.05, 0) is 27.7 Å². The second-order valence-electron chi connectivity index (χ2n) is 6.56. The van der Waals surface area contributed by atoms with E-state index in [4.69, 9.17) is 33.0 Å². The third-order valence-electron chi connectivity index (χ3n) is 3.70. The van der Waals surface area contributed by atoms with Gasteiger partial charge in [0.1, 0.15) is 24.9 Å². The molecule has 0 spiro atoms. The summed E-state index contributed by atoms with van der Waals surface area (Å²) in [7, 11) is -4.14. The molecule has 11 heteroatoms. The van der Waals surface area contributed by atoms with Gasteiger partial charge in [0.25, 0.3) is 0 Å². The number of hydrogen-bond donors (Lipinski definition) is 1. The Morgan fingerprint density at radius 2 is 1.83 bits per heavy atom. The van der Waals surface area contributed by atoms with Crippen molar-refractivity contribution in [2.24, 2.45) is 5.14 Å². The molecule has 3 aliphatic heterocycles. The van der Waals surface area contributed by atoms with Crippen LogP contribution in [0.4, 0.5) is 0 Å². The molecule has 0 aromatic heterocycles. The van der Waals surface area contributed by atoms with E-state index in [1.54, 1.807) is 27.7 Å². The monoisotopic (exact) mass is 379 g/mol. The van der Waals surface area contributed by atoms with E-state index in [2.05, 4.69) is 0 Å². The number of nitrogens with two attached hydrogens (primary N) is 1. The zero-order chi connectivity index (χ0) is 16.4. The normalized spacial score (nSPS) is 41.0. The van der Waals surface area contributed by atoms with Crippen molar-refractivity contribution in [3.8, 4) is 0 Å². The molecule has 0 aliphatic carbocycles. The van der Waals surface area contributed by atoms with Crippen molar-refractivity contribution in [1.82, 2.24) is 0 Å². The zero-order valence-corrected chi connectivity index (χ0v) is 17.8. The smallest absolute Gasteiger partial charge is 1.00 e. The number of rotatable bonds is 3. The van der Waals surface area contributed by atoms with E-state index in [-0.39, 0.29) is 65.5 Å². The van der Waals surface area contributed by atoms with Crippen LogP contribution in [0.5, 0.6) is 0 Å². The number of hydrogen-bond acceptors (Lipinski definition) is 8. The Balaban J connectivity index is 0.00000144. The molecule has 0 radical (unpaired) electrons. The second kappa shape index (κ2) is 6.48. The minimum atomic E-state index is -4.14. The van der Waals surface area contributed by atoms with Crippen LogP contribution in [-0.4, -0.2) is 57.3 Å². The van der Waals surface area contributed by atoms with Gasteiger partial charge < -0.3 is 25.1 Å². The van der Waals surface area contributed by atoms with Crippen LogP contribution in [0.15, 0.2) is 0 Å². The molecule has 2 N–H and O–H groups in total. The molecule has 3 rings (SSSR count). The van der Waals surface area contributed by atoms with E-state index < -0.39 is 46.5 Å². The van der Waals surface area contributed by atoms with Gasteiger partial charge in [-0.15, -0.1) is 0 Å². The van der Waals surface area contributed by atoms with Crippen molar-refractivity contribution in [3.05, 3.63) is 0 Å². The first kappa shape index (κ1) is 20.6. The molecular weight excluding hydrogens is 357 g/mol. The molecule has 0 aromatic rings. The van der Waals surface area contributed by atoms with E-state index in [0.717, 1.165) is 0 Å². The minimum Gasteiger partial charge on any atom is -1.00 e. The summed E-state index contributed by atoms with van der Waals surface area (Å²) in [5.74, 6) is -3.19. The van der Waals surface area contributed by atoms with Crippen LogP contribution in [0, 0.1) is 0 Å². The summed E-state index contributed by atoms with van der Waals surface area (Å²) in [4.78, 5) is 0. The van der Waals surface area contributed by atoms with Gasteiger partial charge in [-0.2, -0.15) is 8.42 Å². The van der Waals surface area contributed by atoms with Crippen molar-refractivity contribution < 1.29 is 89.1 Å². The quantitative estimate of drug-likeness (QED) is 0.508. The summed E-state index contributed by atoms with van der Waals surface area (Å²) in [6, 6.07) is 0. The average Bonchev–Trinajstić information content (AvgIpc) is 2.78. The minimum absolute atomic E-state index is 0. The molecule has 3 fully saturated rings. The Morgan fingerprint density at radius 3 is 2.43 bits per heavy atom. The van der Waals surface area contributed by atoms with Crippen molar-refractivity contribution in [2.75, 3.05) is 13.2 Å². The van der Waals surface area contributed by atoms with Gasteiger partial charge in [-0.3, -0.25) is 4.18 Å². The molecule has 0 unspecified atom stereocenters. The van der Waals surface area contributed by atoms with Gasteiger partial charge in [0.2, 0.25) is 5.79 Å². The van der Waals surface area contributed by atoms with Crippen LogP contribution in [-0.2, 0) is 38.2 Å². The molecule has 3 saturated heterocycles. The van der Waals surface area contributed by atoms with Gasteiger partial charge in [-0.1, -0.05) is 0 Å². The maximum atomic E-state index is 11.1. The Labute approximate surface area is 179 Å². The van der Waals surface area contributed by atoms with Gasteiger partial charge >= 0.3 is 61.7 Å². The van der Waals surface area contributed by atoms with Crippen molar-refractivity contribution in [2.45, 2.75) is 63.4 Å². The van der Waals surface area contributed by atoms with E-state index in [1.807, 2.05) is 0 Å². The molecular formula is C12H22KNO8S. The van der Waals surface area contributed by atoms with Crippen LogP contribution in [0.2, 0.25) is 0 Å². The third-order valence-corrected chi connectivity index (χ3v) is 4.15. The molecule has 9 nitrogen and oxygen atoms in total. The molecule has 0 amide bonds. The third kappa shape index (κ3) is 4.35. The summed E-state index contributed by atoms with van der Waals surface area (Å²) in [6.45, 7) is 6.71. The molecule has 3 aliphatic rings. The largest absolute Gasteiger partial charge is 1.00 e. The zero-order valence-electron chi connectivity index (χ0n) is 14.9. The van der Waals surface area contributed by atoms with E-state index in [1.165, 1.54) is 0 Å². The van der Waals surface area contributed by atoms with Crippen LogP contribution in [0.3, 0.4) is 0 Å². The van der Waals surface area contributed by atoms with Crippen LogP contribution in [0.25, 0.3) is 0 Å². The van der Waals surface area contributed by atoms with E-state index in [9.17, 15) is 8.42 Å². The van der Waals surface area contributed by atoms with Crippen molar-refractivity contribution in [3.63, 3.8) is 0 Å². The van der Waals surface area contributed by atoms with E-state index in [0.29, 0.717) is 0 Å². The summed E-state index contributed by atoms with van der Waals surface area (Å²) < 4.78 is 55.9. The maximum Gasteiger partial charge on any atom is 1.00 e. The number of ether oxygens (including phenoxy) is 5. The summed E-state index contributed by atoms with van der Waals surface area (Å²) in [6.07, 6.45) is -1.50. The van der Waals surface area contributed by atoms with Crippen LogP contribution >= 0.6 is 0 Å². The molecule has 3 heterocycles. The maximum absolute atomic E-state index is 11.1. The predicted molar refractivity (Wildman–Crippen MR) is 72.7 cm³/mol. The first-order chi connectivity index (χ1) is 9.92. The Morgan fingerprint density at radius 1 is 1.17 bits per heavy atom. The fourth-order valence-electron chi connectivity index (χ4n) is 3.11. The first-order valence-electron chi connectivity index (χ1n) is 6.96. The van der Waals surface area contributed by atoms with Gasteiger partial charge in [0, 0.05) is 0 Å². The van der Waals surface area contributed by atoms with Gasteiger partial charge in [0.15, 0.2) is 11.6 Å². The molecule has 0 aromatic carbocycles. The van der Waals surface area contributed by atoms with Crippen LogP contribution < -0.4 is 56.5 Å². The fourth-order valence-corrected chi connectivity index (χ4v) is 3.44. The molecule has 0 saturated carbocycles. The molecule has 0 bridgehead atoms. The fraction of sp³-hybridized carbons (Fsp3) is 1.00. The molecule has 130 valence electrons. The van der Waals surface area contributed by atoms with Crippen LogP contribution in [0.1, 0.15) is 29.1 Å². The Hall–Kier alpha value is 1.31. The summed E-state index contributed by atoms with van der Waals surface area (Å²) >= 11 is 0. The van der Waals surface area contributed by atoms with Gasteiger partial charge in [0.05, 0.1) is 6.61 Å². The SMILES string of the molecule is CC1(C)O[C@@H]2[C@@H](CO[C@@]3(COS(N)(=O)=O)OC(C)(C)O[C@@H]23)O1.[H-].[K+]. The molecule has 23 heavy (non-hydrogen) atoms. The standard InChI is InChI=1S/C12H21NO8S.K.H/c1-10(2)18-7-5-16-12(6-17-22(13,14)15)9(8(7)19-10)20-11(3,4)21-12;;/h7-9H,5-6H2,1-4H3,(H2,13,14,15);;/q;+1;-1/t7-,8-,9+,12+;;/m1../s1. The Bertz CT molecular complexity index is 573. The summed E-state index contributed by atoms with van der Waals surface area (Å²) in [5, 5.41) is 4.89. The molecule has 4 atom stereocenters. The summed E-state index contributed by atoms with van der Waals surface area (Å²) in [5.41, 5.74) is 0. The number of fused-ring (bicyclic) bond motifs is 3. The van der Waals surface area contributed by atoms with Crippen molar-refractivity contribution >= 4 is 10.3 Å². The predicted octanol–water partition coefficient (Wildman–Crippen LogP) is -3.28. The second-order valence-corrected chi connectivity index (χ2v) is 7.78. The first-order valence-corrected chi connectivity index (χ1v) is 8.43. The Kier molecular flexibility index (Phi) is 5.81. The topological polar surface area (TPSA) is 116 Å². The average molecular weight is 379 g/mol.